The Kier molecular flexibility index (Phi) is 4.22. The Morgan fingerprint density at radius 3 is 2.85 bits per heavy atom. The Labute approximate surface area is 116 Å². The number of nitrogens with one attached hydrogen (secondary N) is 1. The molecule has 108 valence electrons. The van der Waals surface area contributed by atoms with E-state index in [9.17, 15) is 14.0 Å². The van der Waals surface area contributed by atoms with Crippen molar-refractivity contribution in [3.8, 4) is 5.75 Å². The minimum Gasteiger partial charge on any atom is -0.494 e. The molecule has 1 aliphatic rings. The van der Waals surface area contributed by atoms with Gasteiger partial charge in [0.05, 0.1) is 12.8 Å². The molecule has 5 nitrogen and oxygen atoms in total. The molecule has 1 saturated heterocycles. The van der Waals surface area contributed by atoms with E-state index in [4.69, 9.17) is 4.74 Å². The highest BCUT2D eigenvalue weighted by Gasteiger charge is 2.34. The molecule has 1 aromatic carbocycles. The van der Waals surface area contributed by atoms with E-state index in [1.54, 1.807) is 0 Å². The molecule has 1 heterocycles. The molecule has 0 aromatic heterocycles. The lowest BCUT2D eigenvalue weighted by atomic mass is 10.1. The summed E-state index contributed by atoms with van der Waals surface area (Å²) in [6.07, 6.45) is 1.36. The van der Waals surface area contributed by atoms with Gasteiger partial charge in [0.1, 0.15) is 24.2 Å². The van der Waals surface area contributed by atoms with Crippen molar-refractivity contribution in [3.05, 3.63) is 24.0 Å². The van der Waals surface area contributed by atoms with Crippen molar-refractivity contribution >= 4 is 17.5 Å². The molecule has 1 N–H and O–H groups in total. The van der Waals surface area contributed by atoms with E-state index in [-0.39, 0.29) is 24.1 Å². The number of anilines is 1. The van der Waals surface area contributed by atoms with Crippen LogP contribution in [0.1, 0.15) is 19.8 Å². The molecule has 1 unspecified atom stereocenters. The molecule has 0 aliphatic carbocycles. The normalized spacial score (nSPS) is 18.9. The molecule has 1 fully saturated rings. The van der Waals surface area contributed by atoms with E-state index in [1.807, 2.05) is 6.92 Å². The minimum atomic E-state index is -0.531. The molecule has 0 saturated carbocycles. The van der Waals surface area contributed by atoms with Crippen molar-refractivity contribution in [2.75, 3.05) is 18.6 Å². The lowest BCUT2D eigenvalue weighted by Gasteiger charge is -2.33. The second-order valence-corrected chi connectivity index (χ2v) is 4.65. The second kappa shape index (κ2) is 5.90. The van der Waals surface area contributed by atoms with Gasteiger partial charge in [-0.2, -0.15) is 0 Å². The summed E-state index contributed by atoms with van der Waals surface area (Å²) in [7, 11) is 1.40. The van der Waals surface area contributed by atoms with Gasteiger partial charge in [0, 0.05) is 6.07 Å². The maximum atomic E-state index is 13.2. The van der Waals surface area contributed by atoms with E-state index >= 15 is 0 Å². The monoisotopic (exact) mass is 280 g/mol. The molecule has 0 spiro atoms. The number of piperazine rings is 1. The maximum absolute atomic E-state index is 13.2. The smallest absolute Gasteiger partial charge is 0.250 e. The van der Waals surface area contributed by atoms with Crippen LogP contribution in [-0.2, 0) is 9.59 Å². The minimum absolute atomic E-state index is 0.0823. The zero-order valence-electron chi connectivity index (χ0n) is 11.5. The number of nitrogens with zero attached hydrogens (tertiary/aromatic N) is 1. The first-order valence-electron chi connectivity index (χ1n) is 6.51. The van der Waals surface area contributed by atoms with Gasteiger partial charge >= 0.3 is 0 Å². The number of hydrogen-bond donors (Lipinski definition) is 1. The predicted octanol–water partition coefficient (Wildman–Crippen LogP) is 1.47. The summed E-state index contributed by atoms with van der Waals surface area (Å²) in [5.41, 5.74) is 0.412. The Morgan fingerprint density at radius 1 is 1.45 bits per heavy atom. The quantitative estimate of drug-likeness (QED) is 0.908. The predicted molar refractivity (Wildman–Crippen MR) is 72.1 cm³/mol. The molecule has 0 bridgehead atoms. The molecule has 6 heteroatoms. The van der Waals surface area contributed by atoms with Crippen molar-refractivity contribution < 1.29 is 18.7 Å². The van der Waals surface area contributed by atoms with Gasteiger partial charge in [0.15, 0.2) is 0 Å². The fourth-order valence-corrected chi connectivity index (χ4v) is 2.27. The molecule has 1 aliphatic heterocycles. The lowest BCUT2D eigenvalue weighted by molar-refractivity contribution is -0.131. The largest absolute Gasteiger partial charge is 0.494 e. The van der Waals surface area contributed by atoms with Crippen molar-refractivity contribution in [3.63, 3.8) is 0 Å². The van der Waals surface area contributed by atoms with Gasteiger partial charge in [0.25, 0.3) is 0 Å². The third-order valence-electron chi connectivity index (χ3n) is 3.21. The summed E-state index contributed by atoms with van der Waals surface area (Å²) < 4.78 is 18.3. The van der Waals surface area contributed by atoms with Gasteiger partial charge in [-0.15, -0.1) is 0 Å². The SMILES string of the molecule is CCCC1NC(=O)CN(c2ccc(F)cc2OC)C1=O. The van der Waals surface area contributed by atoms with Crippen LogP contribution in [0.25, 0.3) is 0 Å². The standard InChI is InChI=1S/C14H17FN2O3/c1-3-4-10-14(19)17(8-13(18)16-10)11-6-5-9(15)7-12(11)20-2/h5-7,10H,3-4,8H2,1-2H3,(H,16,18). The zero-order valence-corrected chi connectivity index (χ0v) is 11.5. The first-order chi connectivity index (χ1) is 9.56. The molecule has 1 atom stereocenters. The zero-order chi connectivity index (χ0) is 14.7. The first-order valence-corrected chi connectivity index (χ1v) is 6.51. The van der Waals surface area contributed by atoms with Crippen LogP contribution in [0.2, 0.25) is 0 Å². The van der Waals surface area contributed by atoms with Crippen molar-refractivity contribution in [2.45, 2.75) is 25.8 Å². The van der Waals surface area contributed by atoms with Gasteiger partial charge in [-0.05, 0) is 18.6 Å². The van der Waals surface area contributed by atoms with Gasteiger partial charge in [-0.3, -0.25) is 14.5 Å². The van der Waals surface area contributed by atoms with Crippen molar-refractivity contribution in [1.29, 1.82) is 0 Å². The van der Waals surface area contributed by atoms with E-state index in [0.29, 0.717) is 12.1 Å². The second-order valence-electron chi connectivity index (χ2n) is 4.65. The summed E-state index contributed by atoms with van der Waals surface area (Å²) in [4.78, 5) is 25.4. The Bertz CT molecular complexity index is 533. The van der Waals surface area contributed by atoms with Crippen LogP contribution in [0.5, 0.6) is 5.75 Å². The summed E-state index contributed by atoms with van der Waals surface area (Å²) in [6, 6.07) is 3.36. The highest BCUT2D eigenvalue weighted by atomic mass is 19.1. The van der Waals surface area contributed by atoms with E-state index in [2.05, 4.69) is 5.32 Å². The van der Waals surface area contributed by atoms with Crippen LogP contribution >= 0.6 is 0 Å². The van der Waals surface area contributed by atoms with Crippen LogP contribution in [0.3, 0.4) is 0 Å². The van der Waals surface area contributed by atoms with Gasteiger partial charge in [0.2, 0.25) is 11.8 Å². The Balaban J connectivity index is 2.35. The number of hydrogen-bond acceptors (Lipinski definition) is 3. The average Bonchev–Trinajstić information content (AvgIpc) is 2.43. The molecular weight excluding hydrogens is 263 g/mol. The number of amides is 2. The van der Waals surface area contributed by atoms with Gasteiger partial charge in [-0.25, -0.2) is 4.39 Å². The van der Waals surface area contributed by atoms with Crippen LogP contribution in [0.15, 0.2) is 18.2 Å². The molecule has 2 amide bonds. The summed E-state index contributed by atoms with van der Waals surface area (Å²) in [5.74, 6) is -0.640. The van der Waals surface area contributed by atoms with Gasteiger partial charge < -0.3 is 10.1 Å². The summed E-state index contributed by atoms with van der Waals surface area (Å²) in [5, 5.41) is 2.67. The number of halogens is 1. The number of carbonyl (C=O) groups excluding carboxylic acids is 2. The third-order valence-corrected chi connectivity index (χ3v) is 3.21. The number of carbonyl (C=O) groups is 2. The Hall–Kier alpha value is -2.11. The topological polar surface area (TPSA) is 58.6 Å². The van der Waals surface area contributed by atoms with Crippen LogP contribution in [0, 0.1) is 5.82 Å². The Morgan fingerprint density at radius 2 is 2.20 bits per heavy atom. The van der Waals surface area contributed by atoms with Crippen LogP contribution < -0.4 is 15.0 Å². The summed E-state index contributed by atoms with van der Waals surface area (Å²) >= 11 is 0. The number of methoxy groups -OCH3 is 1. The maximum Gasteiger partial charge on any atom is 0.250 e. The fourth-order valence-electron chi connectivity index (χ4n) is 2.27. The molecule has 1 aromatic rings. The highest BCUT2D eigenvalue weighted by Crippen LogP contribution is 2.30. The highest BCUT2D eigenvalue weighted by molar-refractivity contribution is 6.07. The number of benzene rings is 1. The summed E-state index contributed by atoms with van der Waals surface area (Å²) in [6.45, 7) is 1.86. The van der Waals surface area contributed by atoms with Crippen molar-refractivity contribution in [1.82, 2.24) is 5.32 Å². The van der Waals surface area contributed by atoms with Crippen LogP contribution in [0.4, 0.5) is 10.1 Å². The van der Waals surface area contributed by atoms with E-state index < -0.39 is 11.9 Å². The molecule has 2 rings (SSSR count). The first kappa shape index (κ1) is 14.3. The molecule has 0 radical (unpaired) electrons. The van der Waals surface area contributed by atoms with Gasteiger partial charge in [-0.1, -0.05) is 13.3 Å². The van der Waals surface area contributed by atoms with E-state index in [1.165, 1.54) is 30.2 Å². The molecule has 20 heavy (non-hydrogen) atoms. The average molecular weight is 280 g/mol. The van der Waals surface area contributed by atoms with E-state index in [0.717, 1.165) is 6.42 Å². The number of ether oxygens (including phenoxy) is 1. The number of rotatable bonds is 4. The third kappa shape index (κ3) is 2.74. The lowest BCUT2D eigenvalue weighted by Crippen LogP contribution is -2.58. The molecular formula is C14H17FN2O3. The fraction of sp³-hybridized carbons (Fsp3) is 0.429. The van der Waals surface area contributed by atoms with Crippen LogP contribution in [-0.4, -0.2) is 31.5 Å². The van der Waals surface area contributed by atoms with Crippen molar-refractivity contribution in [2.24, 2.45) is 0 Å².